The second kappa shape index (κ2) is 9.62. The van der Waals surface area contributed by atoms with Gasteiger partial charge < -0.3 is 19.6 Å². The van der Waals surface area contributed by atoms with Crippen LogP contribution in [0.1, 0.15) is 41.2 Å². The van der Waals surface area contributed by atoms with Gasteiger partial charge in [-0.15, -0.1) is 10.2 Å². The van der Waals surface area contributed by atoms with Crippen molar-refractivity contribution in [1.82, 2.24) is 20.1 Å². The monoisotopic (exact) mass is 425 g/mol. The molecule has 0 spiro atoms. The summed E-state index contributed by atoms with van der Waals surface area (Å²) >= 11 is 1.37. The van der Waals surface area contributed by atoms with Crippen molar-refractivity contribution in [3.05, 3.63) is 59.8 Å². The van der Waals surface area contributed by atoms with Crippen LogP contribution >= 0.6 is 11.8 Å². The van der Waals surface area contributed by atoms with Gasteiger partial charge >= 0.3 is 0 Å². The second-order valence-corrected chi connectivity index (χ2v) is 7.95. The Hall–Kier alpha value is -3.07. The second-order valence-electron chi connectivity index (χ2n) is 7.01. The summed E-state index contributed by atoms with van der Waals surface area (Å²) in [5, 5.41) is 14.9. The highest BCUT2D eigenvalue weighted by Crippen LogP contribution is 2.22. The predicted molar refractivity (Wildman–Crippen MR) is 113 cm³/mol. The number of carbonyl (C=O) groups is 2. The maximum Gasteiger partial charge on any atom is 0.253 e. The molecule has 8 nitrogen and oxygen atoms in total. The number of nitrogens with one attached hydrogen (secondary N) is 2. The van der Waals surface area contributed by atoms with Crippen molar-refractivity contribution < 1.29 is 14.0 Å². The summed E-state index contributed by atoms with van der Waals surface area (Å²) in [6.07, 6.45) is 5.90. The van der Waals surface area contributed by atoms with Gasteiger partial charge in [-0.05, 0) is 37.1 Å². The van der Waals surface area contributed by atoms with Gasteiger partial charge in [0.15, 0.2) is 5.16 Å². The summed E-state index contributed by atoms with van der Waals surface area (Å²) in [7, 11) is 0. The van der Waals surface area contributed by atoms with Gasteiger partial charge in [-0.25, -0.2) is 0 Å². The van der Waals surface area contributed by atoms with Gasteiger partial charge in [0.25, 0.3) is 5.91 Å². The number of thioether (sulfide) groups is 1. The molecule has 0 aliphatic carbocycles. The number of hydrogen-bond donors (Lipinski definition) is 2. The maximum atomic E-state index is 12.5. The summed E-state index contributed by atoms with van der Waals surface area (Å²) in [5.41, 5.74) is 0.874. The van der Waals surface area contributed by atoms with Crippen molar-refractivity contribution in [2.24, 2.45) is 0 Å². The van der Waals surface area contributed by atoms with E-state index >= 15 is 0 Å². The predicted octanol–water partition coefficient (Wildman–Crippen LogP) is 3.26. The first kappa shape index (κ1) is 20.2. The molecule has 0 saturated heterocycles. The molecule has 0 bridgehead atoms. The highest BCUT2D eigenvalue weighted by Gasteiger charge is 2.17. The number of carbonyl (C=O) groups excluding carboxylic acids is 2. The van der Waals surface area contributed by atoms with Crippen molar-refractivity contribution >= 4 is 29.3 Å². The fourth-order valence-corrected chi connectivity index (χ4v) is 4.13. The number of nitrogens with zero attached hydrogens (tertiary/aromatic N) is 3. The topological polar surface area (TPSA) is 102 Å². The molecular formula is C21H23N5O3S. The third-order valence-electron chi connectivity index (χ3n) is 4.86. The summed E-state index contributed by atoms with van der Waals surface area (Å²) in [4.78, 5) is 25.1. The van der Waals surface area contributed by atoms with Crippen molar-refractivity contribution in [3.63, 3.8) is 0 Å². The van der Waals surface area contributed by atoms with E-state index in [1.807, 2.05) is 0 Å². The fraction of sp³-hybridized carbons (Fsp3) is 0.333. The molecule has 2 amide bonds. The van der Waals surface area contributed by atoms with Crippen LogP contribution in [0, 0.1) is 0 Å². The Kier molecular flexibility index (Phi) is 6.48. The van der Waals surface area contributed by atoms with Crippen molar-refractivity contribution in [3.8, 4) is 0 Å². The molecule has 4 rings (SSSR count). The van der Waals surface area contributed by atoms with Crippen LogP contribution in [0.25, 0.3) is 0 Å². The molecule has 0 saturated carbocycles. The van der Waals surface area contributed by atoms with Gasteiger partial charge in [-0.2, -0.15) is 0 Å². The van der Waals surface area contributed by atoms with Crippen molar-refractivity contribution in [1.29, 1.82) is 0 Å². The number of aryl methyl sites for hydroxylation is 1. The van der Waals surface area contributed by atoms with Gasteiger partial charge in [0.2, 0.25) is 5.91 Å². The van der Waals surface area contributed by atoms with E-state index in [0.717, 1.165) is 36.8 Å². The van der Waals surface area contributed by atoms with Crippen LogP contribution in [0.3, 0.4) is 0 Å². The number of aromatic nitrogens is 3. The molecule has 1 aliphatic heterocycles. The lowest BCUT2D eigenvalue weighted by Crippen LogP contribution is -2.25. The Morgan fingerprint density at radius 3 is 2.87 bits per heavy atom. The first-order chi connectivity index (χ1) is 14.7. The third-order valence-corrected chi connectivity index (χ3v) is 5.82. The van der Waals surface area contributed by atoms with E-state index < -0.39 is 0 Å². The van der Waals surface area contributed by atoms with Gasteiger partial charge in [-0.3, -0.25) is 9.59 Å². The van der Waals surface area contributed by atoms with Crippen molar-refractivity contribution in [2.45, 2.75) is 43.9 Å². The molecule has 30 heavy (non-hydrogen) atoms. The Morgan fingerprint density at radius 2 is 2.00 bits per heavy atom. The van der Waals surface area contributed by atoms with E-state index in [0.29, 0.717) is 17.0 Å². The smallest absolute Gasteiger partial charge is 0.253 e. The number of rotatable bonds is 7. The number of benzene rings is 1. The first-order valence-electron chi connectivity index (χ1n) is 9.95. The van der Waals surface area contributed by atoms with E-state index in [9.17, 15) is 9.59 Å². The molecule has 2 N–H and O–H groups in total. The number of anilines is 1. The van der Waals surface area contributed by atoms with Crippen LogP contribution < -0.4 is 10.6 Å². The van der Waals surface area contributed by atoms with Gasteiger partial charge in [0.1, 0.15) is 11.6 Å². The average Bonchev–Trinajstić information content (AvgIpc) is 3.35. The number of amides is 2. The lowest BCUT2D eigenvalue weighted by atomic mass is 10.1. The molecular weight excluding hydrogens is 402 g/mol. The molecule has 156 valence electrons. The van der Waals surface area contributed by atoms with Crippen LogP contribution in [0.5, 0.6) is 0 Å². The summed E-state index contributed by atoms with van der Waals surface area (Å²) in [5.74, 6) is 1.37. The minimum atomic E-state index is -0.280. The lowest BCUT2D eigenvalue weighted by Gasteiger charge is -2.11. The van der Waals surface area contributed by atoms with Crippen LogP contribution in [0.15, 0.2) is 52.2 Å². The van der Waals surface area contributed by atoms with Crippen LogP contribution in [0.4, 0.5) is 5.69 Å². The molecule has 2 aromatic heterocycles. The SMILES string of the molecule is O=C(CSc1nnc2n1CCCCC2)Nc1ccccc1C(=O)NCc1ccco1. The summed E-state index contributed by atoms with van der Waals surface area (Å²) in [6, 6.07) is 10.5. The molecule has 3 heterocycles. The van der Waals surface area contributed by atoms with E-state index in [-0.39, 0.29) is 24.1 Å². The third kappa shape index (κ3) is 4.91. The van der Waals surface area contributed by atoms with Crippen molar-refractivity contribution in [2.75, 3.05) is 11.1 Å². The summed E-state index contributed by atoms with van der Waals surface area (Å²) in [6.45, 7) is 1.17. The average molecular weight is 426 g/mol. The quantitative estimate of drug-likeness (QED) is 0.564. The Labute approximate surface area is 178 Å². The molecule has 0 radical (unpaired) electrons. The van der Waals surface area contributed by atoms with Crippen LogP contribution in [0.2, 0.25) is 0 Å². The molecule has 0 atom stereocenters. The standard InChI is InChI=1S/C21H23N5O3S/c27-19(14-30-21-25-24-18-10-2-1-5-11-26(18)21)23-17-9-4-3-8-16(17)20(28)22-13-15-7-6-12-29-15/h3-4,6-9,12H,1-2,5,10-11,13-14H2,(H,22,28)(H,23,27). The summed E-state index contributed by atoms with van der Waals surface area (Å²) < 4.78 is 7.34. The Bertz CT molecular complexity index is 1020. The first-order valence-corrected chi connectivity index (χ1v) is 10.9. The highest BCUT2D eigenvalue weighted by molar-refractivity contribution is 7.99. The molecule has 9 heteroatoms. The Balaban J connectivity index is 1.35. The largest absolute Gasteiger partial charge is 0.467 e. The highest BCUT2D eigenvalue weighted by atomic mass is 32.2. The maximum absolute atomic E-state index is 12.5. The molecule has 0 fully saturated rings. The van der Waals surface area contributed by atoms with E-state index in [4.69, 9.17) is 4.42 Å². The normalized spacial score (nSPS) is 13.3. The molecule has 1 aliphatic rings. The fourth-order valence-electron chi connectivity index (χ4n) is 3.35. The minimum absolute atomic E-state index is 0.195. The van der Waals surface area contributed by atoms with E-state index in [2.05, 4.69) is 25.4 Å². The van der Waals surface area contributed by atoms with Gasteiger partial charge in [0.05, 0.1) is 29.8 Å². The zero-order valence-electron chi connectivity index (χ0n) is 16.5. The number of furan rings is 1. The van der Waals surface area contributed by atoms with E-state index in [1.54, 1.807) is 42.7 Å². The number of hydrogen-bond acceptors (Lipinski definition) is 6. The zero-order valence-corrected chi connectivity index (χ0v) is 17.3. The molecule has 1 aromatic carbocycles. The number of para-hydroxylation sites is 1. The van der Waals surface area contributed by atoms with Gasteiger partial charge in [-0.1, -0.05) is 30.3 Å². The molecule has 0 unspecified atom stereocenters. The van der Waals surface area contributed by atoms with Crippen LogP contribution in [-0.2, 0) is 24.3 Å². The number of fused-ring (bicyclic) bond motifs is 1. The van der Waals surface area contributed by atoms with Crippen LogP contribution in [-0.4, -0.2) is 32.3 Å². The zero-order chi connectivity index (χ0) is 20.8. The molecule has 3 aromatic rings. The lowest BCUT2D eigenvalue weighted by molar-refractivity contribution is -0.113. The van der Waals surface area contributed by atoms with Gasteiger partial charge in [0, 0.05) is 13.0 Å². The van der Waals surface area contributed by atoms with E-state index in [1.165, 1.54) is 18.2 Å². The minimum Gasteiger partial charge on any atom is -0.467 e. The Morgan fingerprint density at radius 1 is 1.10 bits per heavy atom.